The zero-order valence-corrected chi connectivity index (χ0v) is 37.2. The second-order valence-corrected chi connectivity index (χ2v) is 17.2. The van der Waals surface area contributed by atoms with Crippen molar-refractivity contribution < 1.29 is 26.3 Å². The Hall–Kier alpha value is -7.50. The Morgan fingerprint density at radius 3 is 1.24 bits per heavy atom. The molecule has 0 amide bonds. The molecule has 3 fully saturated rings. The molecule has 3 aliphatic heterocycles. The fourth-order valence-corrected chi connectivity index (χ4v) is 9.63. The van der Waals surface area contributed by atoms with Gasteiger partial charge in [-0.25, -0.2) is 54.8 Å². The molecule has 12 nitrogen and oxygen atoms in total. The average molecular weight is 929 g/mol. The molecule has 0 saturated carbocycles. The van der Waals surface area contributed by atoms with Gasteiger partial charge in [0.2, 0.25) is 0 Å². The lowest BCUT2D eigenvalue weighted by Crippen LogP contribution is -2.24. The van der Waals surface area contributed by atoms with Crippen LogP contribution in [0.1, 0.15) is 84.5 Å². The molecule has 0 spiro atoms. The number of benzene rings is 3. The van der Waals surface area contributed by atoms with Crippen LogP contribution in [0.4, 0.5) is 43.8 Å². The van der Waals surface area contributed by atoms with Crippen LogP contribution in [0.15, 0.2) is 116 Å². The Kier molecular flexibility index (Phi) is 12.2. The number of aryl methyl sites for hydroxylation is 2. The molecule has 3 saturated heterocycles. The third-order valence-corrected chi connectivity index (χ3v) is 12.9. The largest absolute Gasteiger partial charge is 0.349 e. The minimum atomic E-state index is -0.414. The molecule has 0 bridgehead atoms. The van der Waals surface area contributed by atoms with Crippen LogP contribution in [0, 0.1) is 48.8 Å². The van der Waals surface area contributed by atoms with Gasteiger partial charge in [0, 0.05) is 72.1 Å². The van der Waals surface area contributed by atoms with Crippen LogP contribution in [-0.2, 0) is 0 Å². The van der Waals surface area contributed by atoms with Crippen LogP contribution in [0.5, 0.6) is 0 Å². The quantitative estimate of drug-likeness (QED) is 0.151. The predicted molar refractivity (Wildman–Crippen MR) is 245 cm³/mol. The zero-order chi connectivity index (χ0) is 47.1. The highest BCUT2D eigenvalue weighted by Crippen LogP contribution is 2.39. The van der Waals surface area contributed by atoms with Gasteiger partial charge in [0.25, 0.3) is 0 Å². The van der Waals surface area contributed by atoms with Gasteiger partial charge in [-0.2, -0.15) is 15.3 Å². The molecule has 6 aromatic heterocycles. The summed E-state index contributed by atoms with van der Waals surface area (Å²) in [4.78, 5) is 20.0. The minimum absolute atomic E-state index is 0.187. The number of aromatic nitrogens is 9. The summed E-state index contributed by atoms with van der Waals surface area (Å²) in [6, 6.07) is 17.7. The first-order valence-electron chi connectivity index (χ1n) is 22.6. The summed E-state index contributed by atoms with van der Waals surface area (Å²) in [6.45, 7) is 6.23. The summed E-state index contributed by atoms with van der Waals surface area (Å²) >= 11 is 0. The molecule has 12 rings (SSSR count). The van der Waals surface area contributed by atoms with E-state index in [1.54, 1.807) is 32.1 Å². The molecule has 9 aromatic rings. The normalized spacial score (nSPS) is 18.1. The maximum Gasteiger partial charge on any atom is 0.160 e. The van der Waals surface area contributed by atoms with E-state index in [2.05, 4.69) is 30.2 Å². The highest BCUT2D eigenvalue weighted by Gasteiger charge is 2.32. The number of hydrogen-bond donors (Lipinski definition) is 0. The number of halogens is 6. The summed E-state index contributed by atoms with van der Waals surface area (Å²) in [5.41, 5.74) is 5.47. The topological polar surface area (TPSA) is 100 Å². The minimum Gasteiger partial charge on any atom is -0.349 e. The number of hydrogen-bond acceptors (Lipinski definition) is 9. The van der Waals surface area contributed by atoms with Gasteiger partial charge in [0.1, 0.15) is 52.4 Å². The molecule has 348 valence electrons. The molecule has 3 aliphatic rings. The van der Waals surface area contributed by atoms with Crippen molar-refractivity contribution in [1.82, 2.24) is 43.8 Å². The second kappa shape index (κ2) is 18.6. The van der Waals surface area contributed by atoms with Crippen LogP contribution in [0.3, 0.4) is 0 Å². The number of nitrogens with zero attached hydrogens (tertiary/aromatic N) is 12. The molecule has 9 heterocycles. The lowest BCUT2D eigenvalue weighted by Gasteiger charge is -2.26. The Morgan fingerprint density at radius 2 is 0.824 bits per heavy atom. The second-order valence-electron chi connectivity index (χ2n) is 17.2. The van der Waals surface area contributed by atoms with E-state index in [4.69, 9.17) is 0 Å². The van der Waals surface area contributed by atoms with E-state index in [9.17, 15) is 26.3 Å². The van der Waals surface area contributed by atoms with Crippen molar-refractivity contribution in [1.29, 1.82) is 0 Å². The zero-order valence-electron chi connectivity index (χ0n) is 37.2. The van der Waals surface area contributed by atoms with Crippen molar-refractivity contribution in [2.24, 2.45) is 0 Å². The van der Waals surface area contributed by atoms with Gasteiger partial charge >= 0.3 is 0 Å². The molecular weight excluding hydrogens is 883 g/mol. The Balaban J connectivity index is 0.000000119. The SMILES string of the molecule is Cc1cnn2ccc(N3CCC[C@@H]3c3cc(F)ccc3F)nc12.Cc1cnn2ccc(N3CCC[C@@H]3c3cc(F)ccc3F)nc12.Fc1ccc(F)c([C@H]2CCCN2c2ccn3nccc3n2)c1. The molecule has 0 unspecified atom stereocenters. The molecule has 0 radical (unpaired) electrons. The maximum absolute atomic E-state index is 14.2. The van der Waals surface area contributed by atoms with Crippen LogP contribution in [0.25, 0.3) is 16.9 Å². The van der Waals surface area contributed by atoms with E-state index in [-0.39, 0.29) is 35.6 Å². The van der Waals surface area contributed by atoms with Crippen molar-refractivity contribution in [2.45, 2.75) is 70.5 Å². The maximum atomic E-state index is 14.2. The van der Waals surface area contributed by atoms with Gasteiger partial charge in [-0.3, -0.25) is 0 Å². The third-order valence-electron chi connectivity index (χ3n) is 12.9. The summed E-state index contributed by atoms with van der Waals surface area (Å²) in [5.74, 6) is -0.0497. The van der Waals surface area contributed by atoms with E-state index < -0.39 is 17.5 Å². The lowest BCUT2D eigenvalue weighted by molar-refractivity contribution is 0.560. The highest BCUT2D eigenvalue weighted by atomic mass is 19.1. The van der Waals surface area contributed by atoms with E-state index in [0.29, 0.717) is 16.7 Å². The number of fused-ring (bicyclic) bond motifs is 3. The Bertz CT molecular complexity index is 3110. The highest BCUT2D eigenvalue weighted by molar-refractivity contribution is 5.55. The molecule has 68 heavy (non-hydrogen) atoms. The first-order valence-corrected chi connectivity index (χ1v) is 22.6. The van der Waals surface area contributed by atoms with Gasteiger partial charge in [0.05, 0.1) is 36.7 Å². The predicted octanol–water partition coefficient (Wildman–Crippen LogP) is 10.7. The van der Waals surface area contributed by atoms with Crippen LogP contribution >= 0.6 is 0 Å². The molecule has 3 atom stereocenters. The fraction of sp³-hybridized carbons (Fsp3) is 0.280. The van der Waals surface area contributed by atoms with E-state index in [1.807, 2.05) is 71.4 Å². The molecule has 18 heteroatoms. The van der Waals surface area contributed by atoms with Crippen molar-refractivity contribution in [3.8, 4) is 0 Å². The first-order chi connectivity index (χ1) is 33.0. The monoisotopic (exact) mass is 928 g/mol. The molecule has 0 N–H and O–H groups in total. The third kappa shape index (κ3) is 8.77. The van der Waals surface area contributed by atoms with Gasteiger partial charge in [-0.1, -0.05) is 0 Å². The van der Waals surface area contributed by atoms with Gasteiger partial charge in [0.15, 0.2) is 16.9 Å². The van der Waals surface area contributed by atoms with E-state index >= 15 is 0 Å². The summed E-state index contributed by atoms with van der Waals surface area (Å²) in [6.07, 6.45) is 15.9. The van der Waals surface area contributed by atoms with Crippen molar-refractivity contribution >= 4 is 34.4 Å². The molecule has 0 aliphatic carbocycles. The number of anilines is 3. The van der Waals surface area contributed by atoms with Gasteiger partial charge in [-0.05, 0) is 125 Å². The van der Waals surface area contributed by atoms with Gasteiger partial charge < -0.3 is 14.7 Å². The van der Waals surface area contributed by atoms with E-state index in [1.165, 1.54) is 36.4 Å². The number of rotatable bonds is 6. The van der Waals surface area contributed by atoms with Crippen LogP contribution < -0.4 is 14.7 Å². The lowest BCUT2D eigenvalue weighted by atomic mass is 10.0. The molecule has 3 aromatic carbocycles. The fourth-order valence-electron chi connectivity index (χ4n) is 9.63. The standard InChI is InChI=1S/2C17H16F2N4.C16H14F2N4/c2*1-11-10-20-23-8-6-16(21-17(11)23)22-7-2-3-15(22)13-9-12(18)4-5-14(13)19;17-11-3-4-13(18)12(10-11)14-2-1-8-21(14)15-6-9-22-16(20-15)5-7-19-22/h2*4-6,8-10,15H,2-3,7H2,1H3;3-7,9-10,14H,1-2,8H2/t2*15-;14-/m111/s1. The Morgan fingerprint density at radius 1 is 0.441 bits per heavy atom. The average Bonchev–Trinajstić information content (AvgIpc) is 4.22. The van der Waals surface area contributed by atoms with Crippen molar-refractivity contribution in [3.05, 3.63) is 179 Å². The van der Waals surface area contributed by atoms with Gasteiger partial charge in [-0.15, -0.1) is 0 Å². The summed E-state index contributed by atoms with van der Waals surface area (Å²) < 4.78 is 88.1. The summed E-state index contributed by atoms with van der Waals surface area (Å²) in [7, 11) is 0. The molecular formula is C50H46F6N12. The Labute approximate surface area is 387 Å². The van der Waals surface area contributed by atoms with E-state index in [0.717, 1.165) is 122 Å². The first kappa shape index (κ1) is 44.3. The smallest absolute Gasteiger partial charge is 0.160 e. The van der Waals surface area contributed by atoms with Crippen molar-refractivity contribution in [3.63, 3.8) is 0 Å². The van der Waals surface area contributed by atoms with Crippen LogP contribution in [-0.4, -0.2) is 63.4 Å². The summed E-state index contributed by atoms with van der Waals surface area (Å²) in [5, 5.41) is 12.5. The van der Waals surface area contributed by atoms with Crippen LogP contribution in [0.2, 0.25) is 0 Å². The van der Waals surface area contributed by atoms with Crippen molar-refractivity contribution in [2.75, 3.05) is 34.3 Å².